The van der Waals surface area contributed by atoms with E-state index >= 15 is 0 Å². The lowest BCUT2D eigenvalue weighted by molar-refractivity contribution is 0.0885. The Hall–Kier alpha value is -3.33. The summed E-state index contributed by atoms with van der Waals surface area (Å²) in [6.07, 6.45) is 1.28. The molecule has 1 aliphatic rings. The summed E-state index contributed by atoms with van der Waals surface area (Å²) in [4.78, 5) is 32.3. The van der Waals surface area contributed by atoms with Crippen LogP contribution in [0.4, 0.5) is 21.0 Å². The highest BCUT2D eigenvalue weighted by molar-refractivity contribution is 6.00. The molecule has 3 amide bonds. The lowest BCUT2D eigenvalue weighted by Gasteiger charge is -2.34. The summed E-state index contributed by atoms with van der Waals surface area (Å²) >= 11 is 0. The molecule has 1 aromatic carbocycles. The summed E-state index contributed by atoms with van der Waals surface area (Å²) in [5, 5.41) is 5.60. The number of carbonyl (C=O) groups excluding carboxylic acids is 2. The second-order valence-electron chi connectivity index (χ2n) is 7.14. The number of urea groups is 1. The number of nitrogens with zero attached hydrogens (tertiary/aromatic N) is 3. The molecule has 1 fully saturated rings. The van der Waals surface area contributed by atoms with E-state index in [0.29, 0.717) is 49.8 Å². The number of anilines is 2. The van der Waals surface area contributed by atoms with Crippen LogP contribution in [0.2, 0.25) is 0 Å². The van der Waals surface area contributed by atoms with E-state index in [4.69, 9.17) is 10.8 Å². The van der Waals surface area contributed by atoms with E-state index < -0.39 is 6.03 Å². The number of aromatic nitrogens is 1. The minimum absolute atomic E-state index is 0.104. The van der Waals surface area contributed by atoms with Crippen LogP contribution in [0.25, 0.3) is 0 Å². The van der Waals surface area contributed by atoms with E-state index in [1.54, 1.807) is 23.2 Å². The lowest BCUT2D eigenvalue weighted by atomic mass is 10.1. The number of hydrogen-bond acceptors (Lipinski definition) is 6. The Morgan fingerprint density at radius 3 is 2.65 bits per heavy atom. The van der Waals surface area contributed by atoms with E-state index in [-0.39, 0.29) is 19.6 Å². The fraction of sp³-hybridized carbons (Fsp3) is 0.409. The molecule has 1 aliphatic heterocycles. The zero-order chi connectivity index (χ0) is 22.9. The zero-order valence-corrected chi connectivity index (χ0v) is 17.9. The molecule has 0 aliphatic carbocycles. The molecule has 0 saturated carbocycles. The number of hydrogen-bond donors (Lipinski definition) is 2. The number of methoxy groups -OCH3 is 1. The van der Waals surface area contributed by atoms with Gasteiger partial charge in [0.15, 0.2) is 0 Å². The number of ether oxygens (including phenoxy) is 2. The van der Waals surface area contributed by atoms with Crippen LogP contribution in [0.3, 0.4) is 0 Å². The molecule has 31 heavy (non-hydrogen) atoms. The Kier molecular flexibility index (Phi) is 7.17. The summed E-state index contributed by atoms with van der Waals surface area (Å²) in [5.41, 5.74) is 2.88. The van der Waals surface area contributed by atoms with Gasteiger partial charge in [-0.05, 0) is 32.0 Å². The molecule has 2 aromatic rings. The number of benzene rings is 1. The summed E-state index contributed by atoms with van der Waals surface area (Å²) < 4.78 is 18.1. The molecule has 9 heteroatoms. The van der Waals surface area contributed by atoms with Crippen molar-refractivity contribution in [3.05, 3.63) is 47.8 Å². The fourth-order valence-corrected chi connectivity index (χ4v) is 3.37. The maximum atomic E-state index is 12.5. The SMILES string of the molecule is [3H]CCOc1c(CN2CCN(C(=O)OC)CC2)cccc1NC(=O)Nc1ccc(C)nc1. The molecule has 0 bridgehead atoms. The maximum absolute atomic E-state index is 12.5. The van der Waals surface area contributed by atoms with Gasteiger partial charge < -0.3 is 25.0 Å². The highest BCUT2D eigenvalue weighted by Gasteiger charge is 2.23. The Morgan fingerprint density at radius 2 is 1.97 bits per heavy atom. The molecular weight excluding hydrogens is 398 g/mol. The second kappa shape index (κ2) is 10.6. The third-order valence-electron chi connectivity index (χ3n) is 4.96. The summed E-state index contributed by atoms with van der Waals surface area (Å²) in [6.45, 7) is 5.36. The minimum Gasteiger partial charge on any atom is -0.491 e. The summed E-state index contributed by atoms with van der Waals surface area (Å²) in [6, 6.07) is 8.76. The van der Waals surface area contributed by atoms with Crippen LogP contribution >= 0.6 is 0 Å². The Bertz CT molecular complexity index is 917. The van der Waals surface area contributed by atoms with Crippen molar-refractivity contribution in [2.45, 2.75) is 20.4 Å². The molecule has 0 unspecified atom stereocenters. The van der Waals surface area contributed by atoms with Gasteiger partial charge in [-0.1, -0.05) is 12.1 Å². The van der Waals surface area contributed by atoms with Crippen molar-refractivity contribution in [3.63, 3.8) is 0 Å². The Labute approximate surface area is 183 Å². The van der Waals surface area contributed by atoms with Gasteiger partial charge in [-0.15, -0.1) is 0 Å². The van der Waals surface area contributed by atoms with Gasteiger partial charge in [0.05, 0.1) is 31.3 Å². The number of rotatable bonds is 6. The van der Waals surface area contributed by atoms with Gasteiger partial charge in [0.25, 0.3) is 0 Å². The predicted octanol–water partition coefficient (Wildman–Crippen LogP) is 3.32. The normalized spacial score (nSPS) is 14.5. The first-order chi connectivity index (χ1) is 15.5. The molecule has 166 valence electrons. The molecule has 0 radical (unpaired) electrons. The van der Waals surface area contributed by atoms with Gasteiger partial charge in [-0.3, -0.25) is 9.88 Å². The quantitative estimate of drug-likeness (QED) is 0.731. The number of para-hydroxylation sites is 1. The predicted molar refractivity (Wildman–Crippen MR) is 118 cm³/mol. The number of piperazine rings is 1. The van der Waals surface area contributed by atoms with Gasteiger partial charge in [0.1, 0.15) is 5.75 Å². The molecule has 1 saturated heterocycles. The molecule has 9 nitrogen and oxygen atoms in total. The van der Waals surface area contributed by atoms with Crippen LogP contribution in [0.5, 0.6) is 5.75 Å². The van der Waals surface area contributed by atoms with E-state index in [9.17, 15) is 9.59 Å². The smallest absolute Gasteiger partial charge is 0.409 e. The van der Waals surface area contributed by atoms with Crippen LogP contribution in [0.1, 0.15) is 19.5 Å². The van der Waals surface area contributed by atoms with Crippen LogP contribution in [0, 0.1) is 6.92 Å². The van der Waals surface area contributed by atoms with E-state index in [1.165, 1.54) is 7.11 Å². The van der Waals surface area contributed by atoms with Crippen molar-refractivity contribution in [3.8, 4) is 5.75 Å². The highest BCUT2D eigenvalue weighted by atomic mass is 16.5. The number of nitrogens with one attached hydrogen (secondary N) is 2. The van der Waals surface area contributed by atoms with Gasteiger partial charge in [0.2, 0.25) is 0 Å². The third-order valence-corrected chi connectivity index (χ3v) is 4.96. The maximum Gasteiger partial charge on any atom is 0.409 e. The van der Waals surface area contributed by atoms with E-state index in [0.717, 1.165) is 11.3 Å². The lowest BCUT2D eigenvalue weighted by Crippen LogP contribution is -2.48. The van der Waals surface area contributed by atoms with Crippen LogP contribution in [0.15, 0.2) is 36.5 Å². The molecule has 2 heterocycles. The van der Waals surface area contributed by atoms with Crippen molar-refractivity contribution in [1.29, 1.82) is 0 Å². The number of aryl methyl sites for hydroxylation is 1. The fourth-order valence-electron chi connectivity index (χ4n) is 3.37. The topological polar surface area (TPSA) is 96.0 Å². The first-order valence-electron chi connectivity index (χ1n) is 10.8. The first kappa shape index (κ1) is 20.9. The first-order valence-corrected chi connectivity index (χ1v) is 10.1. The van der Waals surface area contributed by atoms with E-state index in [2.05, 4.69) is 20.5 Å². The van der Waals surface area contributed by atoms with Crippen LogP contribution in [-0.2, 0) is 11.3 Å². The van der Waals surface area contributed by atoms with Crippen molar-refractivity contribution in [2.24, 2.45) is 0 Å². The standard InChI is InChI=1S/C22H29N5O4/c1-4-31-20-17(15-26-10-12-27(13-11-26)22(29)30-3)6-5-7-19(20)25-21(28)24-18-9-8-16(2)23-14-18/h5-9,14H,4,10-13,15H2,1-3H3,(H2,24,25,28)/i1T. The average molecular weight is 430 g/mol. The molecule has 1 aromatic heterocycles. The van der Waals surface area contributed by atoms with Crippen LogP contribution in [-0.4, -0.2) is 66.8 Å². The van der Waals surface area contributed by atoms with Gasteiger partial charge in [-0.25, -0.2) is 9.59 Å². The second-order valence-corrected chi connectivity index (χ2v) is 7.14. The number of amides is 3. The highest BCUT2D eigenvalue weighted by Crippen LogP contribution is 2.30. The van der Waals surface area contributed by atoms with E-state index in [1.807, 2.05) is 25.1 Å². The molecule has 2 N–H and O–H groups in total. The van der Waals surface area contributed by atoms with Gasteiger partial charge in [-0.2, -0.15) is 0 Å². The monoisotopic (exact) mass is 429 g/mol. The molecule has 0 spiro atoms. The summed E-state index contributed by atoms with van der Waals surface area (Å²) in [7, 11) is 1.38. The van der Waals surface area contributed by atoms with Crippen LogP contribution < -0.4 is 15.4 Å². The third kappa shape index (κ3) is 6.08. The Morgan fingerprint density at radius 1 is 1.16 bits per heavy atom. The zero-order valence-electron chi connectivity index (χ0n) is 18.9. The van der Waals surface area contributed by atoms with Crippen molar-refractivity contribution < 1.29 is 20.4 Å². The largest absolute Gasteiger partial charge is 0.491 e. The van der Waals surface area contributed by atoms with Gasteiger partial charge >= 0.3 is 12.1 Å². The van der Waals surface area contributed by atoms with Crippen molar-refractivity contribution in [1.82, 2.24) is 14.8 Å². The number of pyridine rings is 1. The number of carbonyl (C=O) groups is 2. The summed E-state index contributed by atoms with van der Waals surface area (Å²) in [5.74, 6) is 0.548. The molecule has 3 rings (SSSR count). The van der Waals surface area contributed by atoms with Gasteiger partial charge in [0, 0.05) is 45.4 Å². The molecular formula is C22H29N5O4. The minimum atomic E-state index is -0.407. The average Bonchev–Trinajstić information content (AvgIpc) is 2.80. The van der Waals surface area contributed by atoms with Crippen molar-refractivity contribution in [2.75, 3.05) is 50.5 Å². The molecule has 0 atom stereocenters. The Balaban J connectivity index is 1.69. The van der Waals surface area contributed by atoms with Crippen molar-refractivity contribution >= 4 is 23.5 Å².